The smallest absolute Gasteiger partial charge is 0.302 e. The zero-order valence-corrected chi connectivity index (χ0v) is 10.8. The second-order valence-electron chi connectivity index (χ2n) is 4.16. The van der Waals surface area contributed by atoms with E-state index in [1.165, 1.54) is 13.8 Å². The van der Waals surface area contributed by atoms with Crippen molar-refractivity contribution in [2.45, 2.75) is 45.5 Å². The zero-order chi connectivity index (χ0) is 13.4. The third-order valence-corrected chi connectivity index (χ3v) is 2.43. The number of carbonyl (C=O) groups excluding carboxylic acids is 2. The highest BCUT2D eigenvalue weighted by atomic mass is 16.7. The highest BCUT2D eigenvalue weighted by molar-refractivity contribution is 5.66. The van der Waals surface area contributed by atoms with E-state index in [-0.39, 0.29) is 19.5 Å². The summed E-state index contributed by atoms with van der Waals surface area (Å²) in [6.07, 6.45) is 2.07. The lowest BCUT2D eigenvalue weighted by atomic mass is 10.2. The van der Waals surface area contributed by atoms with E-state index in [0.29, 0.717) is 6.61 Å². The standard InChI is InChI=1S/C12H20O6/c1-9(13)16-7-11(8-17-10(2)14)18-12-5-3-4-6-15-12/h11-12H,3-8H2,1-2H3. The molecule has 0 N–H and O–H groups in total. The van der Waals surface area contributed by atoms with Gasteiger partial charge in [-0.25, -0.2) is 0 Å². The average Bonchev–Trinajstić information content (AvgIpc) is 2.33. The Morgan fingerprint density at radius 3 is 2.22 bits per heavy atom. The minimum Gasteiger partial charge on any atom is -0.463 e. The van der Waals surface area contributed by atoms with Gasteiger partial charge in [0.2, 0.25) is 0 Å². The van der Waals surface area contributed by atoms with Gasteiger partial charge in [-0.05, 0) is 19.3 Å². The fraction of sp³-hybridized carbons (Fsp3) is 0.833. The van der Waals surface area contributed by atoms with Gasteiger partial charge in [0.1, 0.15) is 19.3 Å². The minimum atomic E-state index is -0.485. The fourth-order valence-electron chi connectivity index (χ4n) is 1.58. The Hall–Kier alpha value is -1.14. The molecule has 1 rings (SSSR count). The molecule has 0 spiro atoms. The summed E-state index contributed by atoms with van der Waals surface area (Å²) in [4.78, 5) is 21.5. The van der Waals surface area contributed by atoms with Crippen molar-refractivity contribution in [3.05, 3.63) is 0 Å². The third kappa shape index (κ3) is 6.56. The van der Waals surface area contributed by atoms with Crippen LogP contribution in [0.15, 0.2) is 0 Å². The molecule has 1 aliphatic heterocycles. The first-order chi connectivity index (χ1) is 8.58. The molecule has 0 aromatic heterocycles. The molecular weight excluding hydrogens is 240 g/mol. The molecule has 0 saturated carbocycles. The molecule has 0 amide bonds. The number of rotatable bonds is 6. The molecule has 0 aliphatic carbocycles. The first kappa shape index (κ1) is 14.9. The molecular formula is C12H20O6. The van der Waals surface area contributed by atoms with Crippen LogP contribution in [0.5, 0.6) is 0 Å². The van der Waals surface area contributed by atoms with Gasteiger partial charge in [0.15, 0.2) is 6.29 Å². The van der Waals surface area contributed by atoms with Crippen LogP contribution in [0.25, 0.3) is 0 Å². The summed E-state index contributed by atoms with van der Waals surface area (Å²) in [5.41, 5.74) is 0. The summed E-state index contributed by atoms with van der Waals surface area (Å²) in [5.74, 6) is -0.785. The van der Waals surface area contributed by atoms with Gasteiger partial charge in [-0.2, -0.15) is 0 Å². The van der Waals surface area contributed by atoms with Crippen molar-refractivity contribution in [2.24, 2.45) is 0 Å². The van der Waals surface area contributed by atoms with Crippen LogP contribution in [0.4, 0.5) is 0 Å². The van der Waals surface area contributed by atoms with E-state index in [0.717, 1.165) is 19.3 Å². The molecule has 0 aromatic carbocycles. The normalized spacial score (nSPS) is 19.6. The van der Waals surface area contributed by atoms with Gasteiger partial charge in [0, 0.05) is 20.5 Å². The van der Waals surface area contributed by atoms with Crippen molar-refractivity contribution in [3.8, 4) is 0 Å². The molecule has 0 bridgehead atoms. The molecule has 1 atom stereocenters. The largest absolute Gasteiger partial charge is 0.463 e. The van der Waals surface area contributed by atoms with Crippen molar-refractivity contribution in [1.29, 1.82) is 0 Å². The van der Waals surface area contributed by atoms with Gasteiger partial charge in [-0.15, -0.1) is 0 Å². The molecule has 104 valence electrons. The Labute approximate surface area is 107 Å². The average molecular weight is 260 g/mol. The van der Waals surface area contributed by atoms with E-state index in [4.69, 9.17) is 18.9 Å². The Morgan fingerprint density at radius 2 is 1.78 bits per heavy atom. The SMILES string of the molecule is CC(=O)OCC(COC(C)=O)OC1CCCCO1. The van der Waals surface area contributed by atoms with Crippen LogP contribution in [0, 0.1) is 0 Å². The number of esters is 2. The van der Waals surface area contributed by atoms with Crippen LogP contribution in [0.2, 0.25) is 0 Å². The molecule has 6 heteroatoms. The van der Waals surface area contributed by atoms with Crippen LogP contribution in [0.3, 0.4) is 0 Å². The Bertz CT molecular complexity index is 254. The predicted octanol–water partition coefficient (Wildman–Crippen LogP) is 1.02. The molecule has 1 saturated heterocycles. The lowest BCUT2D eigenvalue weighted by Gasteiger charge is -2.27. The predicted molar refractivity (Wildman–Crippen MR) is 61.7 cm³/mol. The Balaban J connectivity index is 2.36. The summed E-state index contributed by atoms with van der Waals surface area (Å²) in [5, 5.41) is 0. The van der Waals surface area contributed by atoms with Gasteiger partial charge in [0.25, 0.3) is 0 Å². The van der Waals surface area contributed by atoms with Gasteiger partial charge >= 0.3 is 11.9 Å². The van der Waals surface area contributed by atoms with E-state index in [1.807, 2.05) is 0 Å². The van der Waals surface area contributed by atoms with Gasteiger partial charge in [0.05, 0.1) is 0 Å². The maximum atomic E-state index is 10.8. The first-order valence-electron chi connectivity index (χ1n) is 6.11. The topological polar surface area (TPSA) is 71.1 Å². The maximum absolute atomic E-state index is 10.8. The number of ether oxygens (including phenoxy) is 4. The summed E-state index contributed by atoms with van der Waals surface area (Å²) in [6.45, 7) is 3.42. The van der Waals surface area contributed by atoms with Crippen molar-refractivity contribution < 1.29 is 28.5 Å². The van der Waals surface area contributed by atoms with Crippen LogP contribution in [0.1, 0.15) is 33.1 Å². The summed E-state index contributed by atoms with van der Waals surface area (Å²) in [6, 6.07) is 0. The van der Waals surface area contributed by atoms with Crippen LogP contribution < -0.4 is 0 Å². The Kier molecular flexibility index (Phi) is 6.67. The Morgan fingerprint density at radius 1 is 1.17 bits per heavy atom. The lowest BCUT2D eigenvalue weighted by Crippen LogP contribution is -2.34. The van der Waals surface area contributed by atoms with E-state index >= 15 is 0 Å². The van der Waals surface area contributed by atoms with E-state index < -0.39 is 18.0 Å². The van der Waals surface area contributed by atoms with Gasteiger partial charge in [-0.3, -0.25) is 9.59 Å². The highest BCUT2D eigenvalue weighted by Gasteiger charge is 2.21. The van der Waals surface area contributed by atoms with Crippen molar-refractivity contribution >= 4 is 11.9 Å². The van der Waals surface area contributed by atoms with Gasteiger partial charge < -0.3 is 18.9 Å². The second kappa shape index (κ2) is 8.05. The summed E-state index contributed by atoms with van der Waals surface area (Å²) >= 11 is 0. The lowest BCUT2D eigenvalue weighted by molar-refractivity contribution is -0.208. The molecule has 1 unspecified atom stereocenters. The monoisotopic (exact) mass is 260 g/mol. The molecule has 1 aliphatic rings. The van der Waals surface area contributed by atoms with Crippen LogP contribution >= 0.6 is 0 Å². The molecule has 6 nitrogen and oxygen atoms in total. The molecule has 1 fully saturated rings. The maximum Gasteiger partial charge on any atom is 0.302 e. The first-order valence-corrected chi connectivity index (χ1v) is 6.11. The van der Waals surface area contributed by atoms with Crippen molar-refractivity contribution in [3.63, 3.8) is 0 Å². The van der Waals surface area contributed by atoms with Crippen molar-refractivity contribution in [1.82, 2.24) is 0 Å². The van der Waals surface area contributed by atoms with E-state index in [9.17, 15) is 9.59 Å². The quantitative estimate of drug-likeness (QED) is 0.664. The summed E-state index contributed by atoms with van der Waals surface area (Å²) in [7, 11) is 0. The number of hydrogen-bond acceptors (Lipinski definition) is 6. The number of carbonyl (C=O) groups is 2. The molecule has 18 heavy (non-hydrogen) atoms. The van der Waals surface area contributed by atoms with Gasteiger partial charge in [-0.1, -0.05) is 0 Å². The number of hydrogen-bond donors (Lipinski definition) is 0. The van der Waals surface area contributed by atoms with E-state index in [2.05, 4.69) is 0 Å². The zero-order valence-electron chi connectivity index (χ0n) is 10.8. The highest BCUT2D eigenvalue weighted by Crippen LogP contribution is 2.15. The van der Waals surface area contributed by atoms with E-state index in [1.54, 1.807) is 0 Å². The molecule has 0 aromatic rings. The second-order valence-corrected chi connectivity index (χ2v) is 4.16. The molecule has 0 radical (unpaired) electrons. The van der Waals surface area contributed by atoms with Crippen LogP contribution in [-0.2, 0) is 28.5 Å². The third-order valence-electron chi connectivity index (χ3n) is 2.43. The van der Waals surface area contributed by atoms with Crippen LogP contribution in [-0.4, -0.2) is 44.2 Å². The van der Waals surface area contributed by atoms with Crippen molar-refractivity contribution in [2.75, 3.05) is 19.8 Å². The summed E-state index contributed by atoms with van der Waals surface area (Å²) < 4.78 is 20.8. The fourth-order valence-corrected chi connectivity index (χ4v) is 1.58. The molecule has 1 heterocycles. The minimum absolute atomic E-state index is 0.0580.